The highest BCUT2D eigenvalue weighted by Gasteiger charge is 2.43. The molecule has 0 saturated carbocycles. The summed E-state index contributed by atoms with van der Waals surface area (Å²) in [7, 11) is 1.87. The lowest BCUT2D eigenvalue weighted by molar-refractivity contribution is -0.127. The zero-order valence-corrected chi connectivity index (χ0v) is 8.03. The van der Waals surface area contributed by atoms with Crippen molar-refractivity contribution in [3.8, 4) is 0 Å². The summed E-state index contributed by atoms with van der Waals surface area (Å²) in [6.45, 7) is 0. The van der Waals surface area contributed by atoms with E-state index in [9.17, 15) is 4.79 Å². The van der Waals surface area contributed by atoms with Crippen LogP contribution in [0, 0.1) is 0 Å². The van der Waals surface area contributed by atoms with Gasteiger partial charge in [-0.25, -0.2) is 0 Å². The smallest absolute Gasteiger partial charge is 0.224 e. The second kappa shape index (κ2) is 2.50. The van der Waals surface area contributed by atoms with Crippen molar-refractivity contribution in [2.75, 3.05) is 12.4 Å². The molecule has 0 bridgehead atoms. The number of anilines is 1. The molecule has 2 aliphatic heterocycles. The quantitative estimate of drug-likeness (QED) is 0.667. The van der Waals surface area contributed by atoms with Crippen LogP contribution in [-0.2, 0) is 4.79 Å². The van der Waals surface area contributed by atoms with E-state index in [1.807, 2.05) is 24.1 Å². The third-order valence-electron chi connectivity index (χ3n) is 3.25. The van der Waals surface area contributed by atoms with Gasteiger partial charge in [-0.2, -0.15) is 0 Å². The summed E-state index contributed by atoms with van der Waals surface area (Å²) in [5.41, 5.74) is 2.47. The molecule has 3 heteroatoms. The normalized spacial score (nSPS) is 28.6. The standard InChI is InChI=1S/C11H12N2O/c1-13-10(14)6-8-7-4-2-3-5-9(7)12-11(8)13/h2-5,8,11-12H,6H2,1H3. The fourth-order valence-electron chi connectivity index (χ4n) is 2.46. The van der Waals surface area contributed by atoms with Gasteiger partial charge in [0.25, 0.3) is 0 Å². The molecule has 2 unspecified atom stereocenters. The Kier molecular flexibility index (Phi) is 1.40. The van der Waals surface area contributed by atoms with Gasteiger partial charge in [0.2, 0.25) is 5.91 Å². The molecule has 3 rings (SSSR count). The molecule has 2 aliphatic rings. The first-order chi connectivity index (χ1) is 6.77. The molecule has 3 nitrogen and oxygen atoms in total. The number of likely N-dealkylation sites (N-methyl/N-ethyl adjacent to an activating group) is 1. The van der Waals surface area contributed by atoms with Crippen molar-refractivity contribution < 1.29 is 4.79 Å². The fraction of sp³-hybridized carbons (Fsp3) is 0.364. The minimum atomic E-state index is 0.180. The Hall–Kier alpha value is -1.51. The second-order valence-corrected chi connectivity index (χ2v) is 3.99. The molecule has 2 atom stereocenters. The summed E-state index contributed by atoms with van der Waals surface area (Å²) in [4.78, 5) is 13.3. The van der Waals surface area contributed by atoms with E-state index in [0.29, 0.717) is 12.3 Å². The molecule has 0 aromatic heterocycles. The van der Waals surface area contributed by atoms with Crippen LogP contribution in [0.2, 0.25) is 0 Å². The first-order valence-electron chi connectivity index (χ1n) is 4.88. The monoisotopic (exact) mass is 188 g/mol. The van der Waals surface area contributed by atoms with Gasteiger partial charge in [0.15, 0.2) is 0 Å². The van der Waals surface area contributed by atoms with Gasteiger partial charge in [0.05, 0.1) is 0 Å². The molecule has 72 valence electrons. The molecule has 1 aromatic carbocycles. The summed E-state index contributed by atoms with van der Waals surface area (Å²) in [6.07, 6.45) is 0.824. The molecule has 14 heavy (non-hydrogen) atoms. The van der Waals surface area contributed by atoms with Gasteiger partial charge in [0.1, 0.15) is 6.17 Å². The van der Waals surface area contributed by atoms with Crippen LogP contribution in [0.5, 0.6) is 0 Å². The molecule has 1 N–H and O–H groups in total. The van der Waals surface area contributed by atoms with Crippen molar-refractivity contribution in [3.05, 3.63) is 29.8 Å². The highest BCUT2D eigenvalue weighted by atomic mass is 16.2. The summed E-state index contributed by atoms with van der Waals surface area (Å²) >= 11 is 0. The highest BCUT2D eigenvalue weighted by molar-refractivity contribution is 5.83. The first kappa shape index (κ1) is 7.85. The maximum atomic E-state index is 11.5. The number of fused-ring (bicyclic) bond motifs is 3. The summed E-state index contributed by atoms with van der Waals surface area (Å²) < 4.78 is 0. The van der Waals surface area contributed by atoms with E-state index in [1.165, 1.54) is 11.3 Å². The van der Waals surface area contributed by atoms with E-state index >= 15 is 0 Å². The molecule has 0 spiro atoms. The van der Waals surface area contributed by atoms with E-state index in [4.69, 9.17) is 0 Å². The van der Waals surface area contributed by atoms with E-state index in [1.54, 1.807) is 0 Å². The van der Waals surface area contributed by atoms with Gasteiger partial charge < -0.3 is 10.2 Å². The average Bonchev–Trinajstić information content (AvgIpc) is 2.67. The number of benzene rings is 1. The second-order valence-electron chi connectivity index (χ2n) is 3.99. The lowest BCUT2D eigenvalue weighted by Gasteiger charge is -2.19. The van der Waals surface area contributed by atoms with Gasteiger partial charge in [-0.3, -0.25) is 4.79 Å². The van der Waals surface area contributed by atoms with E-state index < -0.39 is 0 Å². The number of para-hydroxylation sites is 1. The zero-order chi connectivity index (χ0) is 9.71. The molecule has 1 amide bonds. The first-order valence-corrected chi connectivity index (χ1v) is 4.88. The highest BCUT2D eigenvalue weighted by Crippen LogP contribution is 2.42. The Balaban J connectivity index is 2.06. The van der Waals surface area contributed by atoms with Crippen molar-refractivity contribution in [3.63, 3.8) is 0 Å². The van der Waals surface area contributed by atoms with Crippen molar-refractivity contribution in [2.24, 2.45) is 0 Å². The number of carbonyl (C=O) groups is 1. The number of nitrogens with one attached hydrogen (secondary N) is 1. The molecule has 1 saturated heterocycles. The number of hydrogen-bond donors (Lipinski definition) is 1. The maximum absolute atomic E-state index is 11.5. The van der Waals surface area contributed by atoms with Crippen LogP contribution in [0.3, 0.4) is 0 Å². The summed E-state index contributed by atoms with van der Waals surface area (Å²) in [5.74, 6) is 0.589. The van der Waals surface area contributed by atoms with Crippen LogP contribution in [0.4, 0.5) is 5.69 Å². The minimum Gasteiger partial charge on any atom is -0.364 e. The number of rotatable bonds is 0. The van der Waals surface area contributed by atoms with Crippen LogP contribution < -0.4 is 5.32 Å². The minimum absolute atomic E-state index is 0.180. The molecule has 0 aliphatic carbocycles. The number of carbonyl (C=O) groups excluding carboxylic acids is 1. The van der Waals surface area contributed by atoms with Gasteiger partial charge in [0, 0.05) is 25.1 Å². The summed E-state index contributed by atoms with van der Waals surface area (Å²) in [6, 6.07) is 8.24. The van der Waals surface area contributed by atoms with Crippen molar-refractivity contribution in [2.45, 2.75) is 18.5 Å². The third-order valence-corrected chi connectivity index (χ3v) is 3.25. The van der Waals surface area contributed by atoms with Gasteiger partial charge >= 0.3 is 0 Å². The Morgan fingerprint density at radius 3 is 3.07 bits per heavy atom. The SMILES string of the molecule is CN1C(=O)CC2c3ccccc3NC21. The Morgan fingerprint density at radius 2 is 2.21 bits per heavy atom. The topological polar surface area (TPSA) is 32.3 Å². The fourth-order valence-corrected chi connectivity index (χ4v) is 2.46. The van der Waals surface area contributed by atoms with Crippen molar-refractivity contribution in [1.82, 2.24) is 4.90 Å². The molecule has 2 heterocycles. The Bertz CT molecular complexity index is 402. The van der Waals surface area contributed by atoms with E-state index in [-0.39, 0.29) is 12.1 Å². The van der Waals surface area contributed by atoms with Crippen molar-refractivity contribution >= 4 is 11.6 Å². The van der Waals surface area contributed by atoms with Crippen molar-refractivity contribution in [1.29, 1.82) is 0 Å². The van der Waals surface area contributed by atoms with Crippen LogP contribution in [0.1, 0.15) is 17.9 Å². The van der Waals surface area contributed by atoms with Crippen LogP contribution >= 0.6 is 0 Å². The number of likely N-dealkylation sites (tertiary alicyclic amines) is 1. The Morgan fingerprint density at radius 1 is 1.43 bits per heavy atom. The molecule has 1 fully saturated rings. The lowest BCUT2D eigenvalue weighted by atomic mass is 9.99. The van der Waals surface area contributed by atoms with Crippen LogP contribution in [-0.4, -0.2) is 24.0 Å². The number of amides is 1. The molecular formula is C11H12N2O. The Labute approximate surface area is 82.7 Å². The predicted octanol–water partition coefficient (Wildman–Crippen LogP) is 1.38. The number of nitrogens with zero attached hydrogens (tertiary/aromatic N) is 1. The van der Waals surface area contributed by atoms with E-state index in [0.717, 1.165) is 0 Å². The van der Waals surface area contributed by atoms with E-state index in [2.05, 4.69) is 17.4 Å². The molecule has 1 aromatic rings. The molecular weight excluding hydrogens is 176 g/mol. The number of hydrogen-bond acceptors (Lipinski definition) is 2. The largest absolute Gasteiger partial charge is 0.364 e. The van der Waals surface area contributed by atoms with Gasteiger partial charge in [-0.15, -0.1) is 0 Å². The third kappa shape index (κ3) is 0.842. The van der Waals surface area contributed by atoms with Crippen LogP contribution in [0.25, 0.3) is 0 Å². The van der Waals surface area contributed by atoms with Gasteiger partial charge in [-0.1, -0.05) is 18.2 Å². The van der Waals surface area contributed by atoms with Crippen LogP contribution in [0.15, 0.2) is 24.3 Å². The molecule has 0 radical (unpaired) electrons. The summed E-state index contributed by atoms with van der Waals surface area (Å²) in [5, 5.41) is 3.38. The maximum Gasteiger partial charge on any atom is 0.224 e. The predicted molar refractivity (Wildman–Crippen MR) is 54.0 cm³/mol. The zero-order valence-electron chi connectivity index (χ0n) is 8.03. The van der Waals surface area contributed by atoms with Gasteiger partial charge in [-0.05, 0) is 11.6 Å². The lowest BCUT2D eigenvalue weighted by Crippen LogP contribution is -2.34. The average molecular weight is 188 g/mol.